The summed E-state index contributed by atoms with van der Waals surface area (Å²) in [7, 11) is 0. The van der Waals surface area contributed by atoms with Gasteiger partial charge in [0.1, 0.15) is 0 Å². The predicted molar refractivity (Wildman–Crippen MR) is 83.0 cm³/mol. The molecule has 5 nitrogen and oxygen atoms in total. The summed E-state index contributed by atoms with van der Waals surface area (Å²) in [5.74, 6) is 0.667. The van der Waals surface area contributed by atoms with Crippen LogP contribution in [0.1, 0.15) is 11.1 Å². The lowest BCUT2D eigenvalue weighted by atomic mass is 10.1. The molecule has 0 saturated heterocycles. The Hall–Kier alpha value is -2.40. The first-order valence-electron chi connectivity index (χ1n) is 6.51. The van der Waals surface area contributed by atoms with E-state index in [1.165, 1.54) is 0 Å². The zero-order valence-electron chi connectivity index (χ0n) is 11.5. The van der Waals surface area contributed by atoms with Crippen LogP contribution in [0.25, 0.3) is 11.4 Å². The Bertz CT molecular complexity index is 744. The van der Waals surface area contributed by atoms with Gasteiger partial charge in [0, 0.05) is 16.3 Å². The Kier molecular flexibility index (Phi) is 3.58. The zero-order chi connectivity index (χ0) is 14.8. The van der Waals surface area contributed by atoms with E-state index in [1.807, 2.05) is 49.4 Å². The summed E-state index contributed by atoms with van der Waals surface area (Å²) >= 11 is 5.90. The lowest BCUT2D eigenvalue weighted by Gasteiger charge is -2.09. The van der Waals surface area contributed by atoms with Gasteiger partial charge in [-0.15, -0.1) is 5.10 Å². The van der Waals surface area contributed by atoms with Crippen molar-refractivity contribution in [2.75, 3.05) is 5.73 Å². The number of nitrogens with two attached hydrogens (primary N) is 1. The van der Waals surface area contributed by atoms with Crippen LogP contribution in [0.15, 0.2) is 42.5 Å². The van der Waals surface area contributed by atoms with E-state index in [0.29, 0.717) is 23.1 Å². The molecule has 0 radical (unpaired) electrons. The molecular weight excluding hydrogens is 286 g/mol. The average Bonchev–Trinajstić information content (AvgIpc) is 2.89. The fourth-order valence-corrected chi connectivity index (χ4v) is 2.37. The highest BCUT2D eigenvalue weighted by atomic mass is 35.5. The molecule has 0 aliphatic carbocycles. The first-order valence-corrected chi connectivity index (χ1v) is 6.89. The van der Waals surface area contributed by atoms with E-state index >= 15 is 0 Å². The van der Waals surface area contributed by atoms with E-state index in [-0.39, 0.29) is 0 Å². The van der Waals surface area contributed by atoms with Gasteiger partial charge in [-0.25, -0.2) is 4.68 Å². The van der Waals surface area contributed by atoms with Gasteiger partial charge in [-0.1, -0.05) is 35.9 Å². The number of aromatic nitrogens is 4. The fourth-order valence-electron chi connectivity index (χ4n) is 2.25. The first kappa shape index (κ1) is 13.6. The number of hydrogen-bond acceptors (Lipinski definition) is 4. The molecule has 6 heteroatoms. The number of tetrazole rings is 1. The number of benzene rings is 2. The van der Waals surface area contributed by atoms with Gasteiger partial charge < -0.3 is 5.73 Å². The fraction of sp³-hybridized carbons (Fsp3) is 0.133. The summed E-state index contributed by atoms with van der Waals surface area (Å²) in [5, 5.41) is 12.7. The minimum absolute atomic E-state index is 0.563. The van der Waals surface area contributed by atoms with Crippen LogP contribution in [-0.4, -0.2) is 20.2 Å². The van der Waals surface area contributed by atoms with Crippen LogP contribution in [0.4, 0.5) is 5.69 Å². The van der Waals surface area contributed by atoms with Gasteiger partial charge in [0.25, 0.3) is 0 Å². The van der Waals surface area contributed by atoms with Crippen LogP contribution in [-0.2, 0) is 6.54 Å². The number of hydrogen-bond donors (Lipinski definition) is 1. The highest BCUT2D eigenvalue weighted by Gasteiger charge is 2.14. The Balaban J connectivity index is 2.00. The molecule has 0 atom stereocenters. The number of halogens is 1. The van der Waals surface area contributed by atoms with Crippen molar-refractivity contribution in [1.29, 1.82) is 0 Å². The Labute approximate surface area is 127 Å². The summed E-state index contributed by atoms with van der Waals surface area (Å²) in [5.41, 5.74) is 9.72. The molecule has 0 aliphatic rings. The van der Waals surface area contributed by atoms with Crippen molar-refractivity contribution < 1.29 is 0 Å². The maximum atomic E-state index is 6.07. The molecule has 0 fully saturated rings. The number of aryl methyl sites for hydroxylation is 1. The van der Waals surface area contributed by atoms with Gasteiger partial charge in [-0.2, -0.15) is 0 Å². The molecule has 106 valence electrons. The molecule has 21 heavy (non-hydrogen) atoms. The van der Waals surface area contributed by atoms with Crippen molar-refractivity contribution in [2.45, 2.75) is 13.5 Å². The molecule has 0 amide bonds. The van der Waals surface area contributed by atoms with Gasteiger partial charge in [-0.05, 0) is 46.7 Å². The lowest BCUT2D eigenvalue weighted by molar-refractivity contribution is 0.653. The molecule has 3 rings (SSSR count). The summed E-state index contributed by atoms with van der Waals surface area (Å²) in [6.07, 6.45) is 0. The number of anilines is 1. The van der Waals surface area contributed by atoms with E-state index in [0.717, 1.165) is 16.7 Å². The second-order valence-corrected chi connectivity index (χ2v) is 5.26. The normalized spacial score (nSPS) is 10.8. The number of rotatable bonds is 3. The van der Waals surface area contributed by atoms with E-state index in [9.17, 15) is 0 Å². The van der Waals surface area contributed by atoms with Crippen LogP contribution in [0.5, 0.6) is 0 Å². The standard InChI is InChI=1S/C15H14ClN5/c1-10-3-2-4-13(17)14(10)15-18-19-20-21(15)9-11-5-7-12(16)8-6-11/h2-8H,9,17H2,1H3. The zero-order valence-corrected chi connectivity index (χ0v) is 12.2. The monoisotopic (exact) mass is 299 g/mol. The molecule has 0 aliphatic heterocycles. The highest BCUT2D eigenvalue weighted by Crippen LogP contribution is 2.27. The second kappa shape index (κ2) is 5.54. The second-order valence-electron chi connectivity index (χ2n) is 4.83. The van der Waals surface area contributed by atoms with Crippen molar-refractivity contribution in [2.24, 2.45) is 0 Å². The van der Waals surface area contributed by atoms with Gasteiger partial charge in [0.05, 0.1) is 6.54 Å². The molecule has 0 unspecified atom stereocenters. The summed E-state index contributed by atoms with van der Waals surface area (Å²) in [6.45, 7) is 2.56. The third kappa shape index (κ3) is 2.73. The van der Waals surface area contributed by atoms with E-state index < -0.39 is 0 Å². The smallest absolute Gasteiger partial charge is 0.184 e. The van der Waals surface area contributed by atoms with Crippen LogP contribution in [0, 0.1) is 6.92 Å². The largest absolute Gasteiger partial charge is 0.398 e. The molecule has 2 aromatic carbocycles. The Morgan fingerprint density at radius 2 is 1.90 bits per heavy atom. The first-order chi connectivity index (χ1) is 10.1. The molecule has 0 bridgehead atoms. The highest BCUT2D eigenvalue weighted by molar-refractivity contribution is 6.30. The minimum Gasteiger partial charge on any atom is -0.398 e. The quantitative estimate of drug-likeness (QED) is 0.755. The minimum atomic E-state index is 0.563. The van der Waals surface area contributed by atoms with Gasteiger partial charge in [0.15, 0.2) is 5.82 Å². The average molecular weight is 300 g/mol. The van der Waals surface area contributed by atoms with Gasteiger partial charge in [-0.3, -0.25) is 0 Å². The summed E-state index contributed by atoms with van der Waals surface area (Å²) in [6, 6.07) is 13.4. The molecule has 3 aromatic rings. The van der Waals surface area contributed by atoms with Crippen molar-refractivity contribution >= 4 is 17.3 Å². The van der Waals surface area contributed by atoms with E-state index in [4.69, 9.17) is 17.3 Å². The number of nitrogen functional groups attached to an aromatic ring is 1. The molecular formula is C15H14ClN5. The number of nitrogens with zero attached hydrogens (tertiary/aromatic N) is 4. The van der Waals surface area contributed by atoms with Crippen molar-refractivity contribution in [3.8, 4) is 11.4 Å². The topological polar surface area (TPSA) is 69.6 Å². The van der Waals surface area contributed by atoms with Crippen molar-refractivity contribution in [1.82, 2.24) is 20.2 Å². The third-order valence-electron chi connectivity index (χ3n) is 3.31. The summed E-state index contributed by atoms with van der Waals surface area (Å²) in [4.78, 5) is 0. The summed E-state index contributed by atoms with van der Waals surface area (Å²) < 4.78 is 1.74. The van der Waals surface area contributed by atoms with Gasteiger partial charge >= 0.3 is 0 Å². The molecule has 1 heterocycles. The van der Waals surface area contributed by atoms with Crippen LogP contribution < -0.4 is 5.73 Å². The van der Waals surface area contributed by atoms with E-state index in [2.05, 4.69) is 15.5 Å². The van der Waals surface area contributed by atoms with Crippen LogP contribution in [0.3, 0.4) is 0 Å². The molecule has 0 spiro atoms. The van der Waals surface area contributed by atoms with Crippen LogP contribution >= 0.6 is 11.6 Å². The van der Waals surface area contributed by atoms with E-state index in [1.54, 1.807) is 4.68 Å². The van der Waals surface area contributed by atoms with Gasteiger partial charge in [0.2, 0.25) is 0 Å². The predicted octanol–water partition coefficient (Wildman–Crippen LogP) is 2.93. The van der Waals surface area contributed by atoms with Crippen molar-refractivity contribution in [3.05, 3.63) is 58.6 Å². The molecule has 1 aromatic heterocycles. The maximum absolute atomic E-state index is 6.07. The molecule has 2 N–H and O–H groups in total. The maximum Gasteiger partial charge on any atom is 0.184 e. The SMILES string of the molecule is Cc1cccc(N)c1-c1nnnn1Cc1ccc(Cl)cc1. The Morgan fingerprint density at radius 3 is 2.62 bits per heavy atom. The Morgan fingerprint density at radius 1 is 1.14 bits per heavy atom. The van der Waals surface area contributed by atoms with Crippen LogP contribution in [0.2, 0.25) is 5.02 Å². The third-order valence-corrected chi connectivity index (χ3v) is 3.56. The molecule has 0 saturated carbocycles. The lowest BCUT2D eigenvalue weighted by Crippen LogP contribution is -2.06. The van der Waals surface area contributed by atoms with Crippen molar-refractivity contribution in [3.63, 3.8) is 0 Å².